The summed E-state index contributed by atoms with van der Waals surface area (Å²) in [6, 6.07) is 11.5. The van der Waals surface area contributed by atoms with E-state index >= 15 is 0 Å². The third-order valence-electron chi connectivity index (χ3n) is 3.63. The van der Waals surface area contributed by atoms with Gasteiger partial charge < -0.3 is 10.1 Å². The van der Waals surface area contributed by atoms with Crippen molar-refractivity contribution in [1.29, 1.82) is 5.26 Å². The van der Waals surface area contributed by atoms with Crippen LogP contribution < -0.4 is 10.1 Å². The molecule has 2 aromatic rings. The summed E-state index contributed by atoms with van der Waals surface area (Å²) >= 11 is 5.65. The molecule has 0 bridgehead atoms. The first-order valence-electron chi connectivity index (χ1n) is 7.98. The van der Waals surface area contributed by atoms with Gasteiger partial charge in [-0.3, -0.25) is 4.79 Å². The van der Waals surface area contributed by atoms with E-state index < -0.39 is 5.91 Å². The molecule has 0 unspecified atom stereocenters. The molecule has 2 aromatic carbocycles. The Labute approximate surface area is 175 Å². The van der Waals surface area contributed by atoms with E-state index in [1.807, 2.05) is 57.2 Å². The first kappa shape index (κ1) is 20.5. The molecule has 0 fully saturated rings. The number of rotatable bonds is 5. The van der Waals surface area contributed by atoms with Gasteiger partial charge in [-0.2, -0.15) is 5.26 Å². The topological polar surface area (TPSA) is 62.1 Å². The Bertz CT molecular complexity index is 894. The third kappa shape index (κ3) is 5.08. The fraction of sp³-hybridized carbons (Fsp3) is 0.200. The second kappa shape index (κ2) is 9.19. The van der Waals surface area contributed by atoms with Crippen molar-refractivity contribution in [3.63, 3.8) is 0 Å². The van der Waals surface area contributed by atoms with Gasteiger partial charge in [0.15, 0.2) is 0 Å². The highest BCUT2D eigenvalue weighted by Gasteiger charge is 2.13. The lowest BCUT2D eigenvalue weighted by Gasteiger charge is -2.10. The van der Waals surface area contributed by atoms with Crippen LogP contribution >= 0.6 is 38.5 Å². The van der Waals surface area contributed by atoms with E-state index in [4.69, 9.17) is 4.74 Å². The van der Waals surface area contributed by atoms with Crippen LogP contribution in [-0.4, -0.2) is 12.5 Å². The van der Waals surface area contributed by atoms with Crippen molar-refractivity contribution in [2.75, 3.05) is 11.9 Å². The standard InChI is InChI=1S/C20H18BrIN2O2/c1-4-26-19-16(21)9-14(10-17(19)22)8-15(11-23)20(25)24-18-7-12(2)5-6-13(18)3/h5-10H,4H2,1-3H3,(H,24,25)/b15-8+. The minimum atomic E-state index is -0.429. The Morgan fingerprint density at radius 2 is 2.08 bits per heavy atom. The lowest BCUT2D eigenvalue weighted by atomic mass is 10.1. The van der Waals surface area contributed by atoms with E-state index in [9.17, 15) is 10.1 Å². The molecule has 0 spiro atoms. The molecule has 2 rings (SSSR count). The summed E-state index contributed by atoms with van der Waals surface area (Å²) in [5.41, 5.74) is 3.48. The Kier molecular flexibility index (Phi) is 7.23. The van der Waals surface area contributed by atoms with E-state index in [2.05, 4.69) is 43.8 Å². The summed E-state index contributed by atoms with van der Waals surface area (Å²) in [4.78, 5) is 12.5. The maximum Gasteiger partial charge on any atom is 0.266 e. The fourth-order valence-corrected chi connectivity index (χ4v) is 4.09. The second-order valence-electron chi connectivity index (χ2n) is 5.69. The van der Waals surface area contributed by atoms with Crippen molar-refractivity contribution < 1.29 is 9.53 Å². The maximum atomic E-state index is 12.5. The quantitative estimate of drug-likeness (QED) is 0.314. The van der Waals surface area contributed by atoms with Crippen LogP contribution in [0.1, 0.15) is 23.6 Å². The van der Waals surface area contributed by atoms with Gasteiger partial charge in [-0.25, -0.2) is 0 Å². The van der Waals surface area contributed by atoms with Crippen LogP contribution in [0.4, 0.5) is 5.69 Å². The van der Waals surface area contributed by atoms with E-state index in [-0.39, 0.29) is 5.57 Å². The van der Waals surface area contributed by atoms with Crippen LogP contribution in [0.2, 0.25) is 0 Å². The van der Waals surface area contributed by atoms with Crippen LogP contribution in [-0.2, 0) is 4.79 Å². The number of nitriles is 1. The first-order valence-corrected chi connectivity index (χ1v) is 9.85. The second-order valence-corrected chi connectivity index (χ2v) is 7.71. The number of aryl methyl sites for hydroxylation is 2. The molecule has 0 aromatic heterocycles. The largest absolute Gasteiger partial charge is 0.492 e. The summed E-state index contributed by atoms with van der Waals surface area (Å²) in [5, 5.41) is 12.2. The molecular weight excluding hydrogens is 507 g/mol. The predicted molar refractivity (Wildman–Crippen MR) is 116 cm³/mol. The number of ether oxygens (including phenoxy) is 1. The van der Waals surface area contributed by atoms with Crippen molar-refractivity contribution in [2.45, 2.75) is 20.8 Å². The summed E-state index contributed by atoms with van der Waals surface area (Å²) in [5.74, 6) is 0.324. The lowest BCUT2D eigenvalue weighted by molar-refractivity contribution is -0.112. The molecule has 1 amide bonds. The van der Waals surface area contributed by atoms with Gasteiger partial charge in [0, 0.05) is 5.69 Å². The summed E-state index contributed by atoms with van der Waals surface area (Å²) < 4.78 is 7.27. The van der Waals surface area contributed by atoms with E-state index in [1.54, 1.807) is 6.08 Å². The zero-order chi connectivity index (χ0) is 19.3. The average Bonchev–Trinajstić information content (AvgIpc) is 2.59. The highest BCUT2D eigenvalue weighted by atomic mass is 127. The number of carbonyl (C=O) groups is 1. The molecule has 0 saturated heterocycles. The van der Waals surface area contributed by atoms with Gasteiger partial charge >= 0.3 is 0 Å². The van der Waals surface area contributed by atoms with Crippen LogP contribution in [0, 0.1) is 28.7 Å². The Hall–Kier alpha value is -1.85. The molecule has 6 heteroatoms. The molecule has 1 N–H and O–H groups in total. The highest BCUT2D eigenvalue weighted by Crippen LogP contribution is 2.32. The zero-order valence-corrected chi connectivity index (χ0v) is 18.4. The number of hydrogen-bond donors (Lipinski definition) is 1. The van der Waals surface area contributed by atoms with Crippen LogP contribution in [0.5, 0.6) is 5.75 Å². The van der Waals surface area contributed by atoms with E-state index in [0.29, 0.717) is 12.3 Å². The van der Waals surface area contributed by atoms with E-state index in [0.717, 1.165) is 30.5 Å². The van der Waals surface area contributed by atoms with Crippen molar-refractivity contribution in [3.8, 4) is 11.8 Å². The molecule has 0 saturated carbocycles. The molecule has 4 nitrogen and oxygen atoms in total. The van der Waals surface area contributed by atoms with Crippen molar-refractivity contribution in [2.24, 2.45) is 0 Å². The highest BCUT2D eigenvalue weighted by molar-refractivity contribution is 14.1. The van der Waals surface area contributed by atoms with Gasteiger partial charge in [-0.15, -0.1) is 0 Å². The SMILES string of the molecule is CCOc1c(Br)cc(/C=C(\C#N)C(=O)Nc2cc(C)ccc2C)cc1I. The summed E-state index contributed by atoms with van der Waals surface area (Å²) in [7, 11) is 0. The molecule has 0 atom stereocenters. The molecule has 0 heterocycles. The van der Waals surface area contributed by atoms with Gasteiger partial charge in [0.1, 0.15) is 17.4 Å². The smallest absolute Gasteiger partial charge is 0.266 e. The number of amides is 1. The minimum absolute atomic E-state index is 0.0396. The lowest BCUT2D eigenvalue weighted by Crippen LogP contribution is -2.14. The number of nitrogens with one attached hydrogen (secondary N) is 1. The molecule has 0 aliphatic rings. The molecule has 26 heavy (non-hydrogen) atoms. The monoisotopic (exact) mass is 524 g/mol. The summed E-state index contributed by atoms with van der Waals surface area (Å²) in [6.07, 6.45) is 1.57. The van der Waals surface area contributed by atoms with Crippen molar-refractivity contribution in [3.05, 3.63) is 60.6 Å². The zero-order valence-electron chi connectivity index (χ0n) is 14.7. The minimum Gasteiger partial charge on any atom is -0.492 e. The number of hydrogen-bond acceptors (Lipinski definition) is 3. The van der Waals surface area contributed by atoms with Gasteiger partial charge in [0.05, 0.1) is 14.6 Å². The Balaban J connectivity index is 2.31. The number of nitrogens with zero attached hydrogens (tertiary/aromatic N) is 1. The fourth-order valence-electron chi connectivity index (χ4n) is 2.32. The number of anilines is 1. The molecular formula is C20H18BrIN2O2. The Morgan fingerprint density at radius 1 is 1.35 bits per heavy atom. The van der Waals surface area contributed by atoms with Gasteiger partial charge in [-0.05, 0) is 100 Å². The number of carbonyl (C=O) groups excluding carboxylic acids is 1. The van der Waals surface area contributed by atoms with Gasteiger partial charge in [0.2, 0.25) is 0 Å². The van der Waals surface area contributed by atoms with Crippen molar-refractivity contribution in [1.82, 2.24) is 0 Å². The Morgan fingerprint density at radius 3 is 2.69 bits per heavy atom. The maximum absolute atomic E-state index is 12.5. The number of halogens is 2. The normalized spacial score (nSPS) is 11.0. The number of benzene rings is 2. The first-order chi connectivity index (χ1) is 12.3. The molecule has 134 valence electrons. The van der Waals surface area contributed by atoms with Crippen LogP contribution in [0.25, 0.3) is 6.08 Å². The molecule has 0 radical (unpaired) electrons. The molecule has 0 aliphatic carbocycles. The third-order valence-corrected chi connectivity index (χ3v) is 5.02. The average molecular weight is 525 g/mol. The van der Waals surface area contributed by atoms with E-state index in [1.165, 1.54) is 0 Å². The van der Waals surface area contributed by atoms with Gasteiger partial charge in [0.25, 0.3) is 5.91 Å². The van der Waals surface area contributed by atoms with Crippen LogP contribution in [0.15, 0.2) is 40.4 Å². The van der Waals surface area contributed by atoms with Crippen molar-refractivity contribution >= 4 is 56.2 Å². The predicted octanol–water partition coefficient (Wildman–Crippen LogP) is 5.61. The van der Waals surface area contributed by atoms with Gasteiger partial charge in [-0.1, -0.05) is 12.1 Å². The molecule has 0 aliphatic heterocycles. The van der Waals surface area contributed by atoms with Crippen LogP contribution in [0.3, 0.4) is 0 Å². The summed E-state index contributed by atoms with van der Waals surface area (Å²) in [6.45, 7) is 6.35.